The van der Waals surface area contributed by atoms with Gasteiger partial charge in [-0.05, 0) is 30.9 Å². The zero-order valence-corrected chi connectivity index (χ0v) is 17.8. The van der Waals surface area contributed by atoms with Crippen LogP contribution in [0, 0.1) is 26.0 Å². The highest BCUT2D eigenvalue weighted by Crippen LogP contribution is 2.32. The number of nitrogens with zero attached hydrogens (tertiary/aromatic N) is 1. The molecule has 0 radical (unpaired) electrons. The minimum Gasteiger partial charge on any atom is -0.618 e. The van der Waals surface area contributed by atoms with E-state index in [1.54, 1.807) is 0 Å². The summed E-state index contributed by atoms with van der Waals surface area (Å²) < 4.78 is 39.3. The van der Waals surface area contributed by atoms with E-state index < -0.39 is 18.5 Å². The lowest BCUT2D eigenvalue weighted by Gasteiger charge is -2.19. The van der Waals surface area contributed by atoms with Crippen LogP contribution in [0.5, 0.6) is 0 Å². The highest BCUT2D eigenvalue weighted by molar-refractivity contribution is 6.35. The molecule has 158 valence electrons. The van der Waals surface area contributed by atoms with Gasteiger partial charge in [0.25, 0.3) is 5.91 Å². The topological polar surface area (TPSA) is 56.0 Å². The molecule has 0 aliphatic heterocycles. The van der Waals surface area contributed by atoms with Gasteiger partial charge in [0.15, 0.2) is 5.69 Å². The second-order valence-electron chi connectivity index (χ2n) is 7.04. The Hall–Kier alpha value is -2.28. The van der Waals surface area contributed by atoms with Crippen LogP contribution in [-0.4, -0.2) is 12.1 Å². The van der Waals surface area contributed by atoms with E-state index in [0.29, 0.717) is 23.3 Å². The first-order valence-electron chi connectivity index (χ1n) is 9.32. The first-order chi connectivity index (χ1) is 13.4. The summed E-state index contributed by atoms with van der Waals surface area (Å²) in [6.07, 6.45) is -4.63. The van der Waals surface area contributed by atoms with Crippen molar-refractivity contribution in [1.82, 2.24) is 0 Å². The fourth-order valence-electron chi connectivity index (χ4n) is 3.45. The van der Waals surface area contributed by atoms with Crippen molar-refractivity contribution in [1.29, 1.82) is 0 Å². The highest BCUT2D eigenvalue weighted by atomic mass is 35.5. The lowest BCUT2D eigenvalue weighted by atomic mass is 9.99. The number of carbonyl (C=O) groups is 1. The van der Waals surface area contributed by atoms with E-state index >= 15 is 0 Å². The summed E-state index contributed by atoms with van der Waals surface area (Å²) in [7, 11) is 0. The minimum absolute atomic E-state index is 0.0425. The van der Waals surface area contributed by atoms with Crippen molar-refractivity contribution in [3.05, 3.63) is 61.6 Å². The van der Waals surface area contributed by atoms with Crippen LogP contribution in [0.15, 0.2) is 12.1 Å². The number of alkyl halides is 3. The average Bonchev–Trinajstić information content (AvgIpc) is 2.63. The van der Waals surface area contributed by atoms with E-state index in [-0.39, 0.29) is 27.5 Å². The number of carbonyl (C=O) groups excluding carboxylic acids is 1. The van der Waals surface area contributed by atoms with Gasteiger partial charge in [0.05, 0.1) is 11.4 Å². The fourth-order valence-corrected chi connectivity index (χ4v) is 3.88. The van der Waals surface area contributed by atoms with Gasteiger partial charge < -0.3 is 10.5 Å². The second kappa shape index (κ2) is 8.61. The van der Waals surface area contributed by atoms with Crippen LogP contribution >= 0.6 is 11.6 Å². The van der Waals surface area contributed by atoms with Crippen LogP contribution < -0.4 is 10.0 Å². The van der Waals surface area contributed by atoms with Crippen molar-refractivity contribution in [3.63, 3.8) is 0 Å². The van der Waals surface area contributed by atoms with Gasteiger partial charge in [-0.25, -0.2) is 0 Å². The number of anilines is 1. The molecule has 2 rings (SSSR count). The predicted octanol–water partition coefficient (Wildman–Crippen LogP) is 5.38. The molecular weight excluding hydrogens is 405 g/mol. The maximum absolute atomic E-state index is 13.0. The molecule has 0 bridgehead atoms. The number of pyridine rings is 1. The van der Waals surface area contributed by atoms with E-state index in [4.69, 9.17) is 11.6 Å². The molecule has 0 fully saturated rings. The maximum atomic E-state index is 13.0. The minimum atomic E-state index is -4.56. The fraction of sp³-hybridized carbons (Fsp3) is 0.429. The summed E-state index contributed by atoms with van der Waals surface area (Å²) in [5.41, 5.74) is 2.63. The predicted molar refractivity (Wildman–Crippen MR) is 108 cm³/mol. The Labute approximate surface area is 173 Å². The van der Waals surface area contributed by atoms with Crippen molar-refractivity contribution in [2.24, 2.45) is 0 Å². The van der Waals surface area contributed by atoms with Gasteiger partial charge in [-0.15, -0.1) is 0 Å². The molecule has 0 saturated heterocycles. The van der Waals surface area contributed by atoms with Crippen LogP contribution in [-0.2, 0) is 19.3 Å². The smallest absolute Gasteiger partial charge is 0.393 e. The van der Waals surface area contributed by atoms with E-state index in [9.17, 15) is 23.2 Å². The third kappa shape index (κ3) is 4.83. The van der Waals surface area contributed by atoms with E-state index in [1.807, 2.05) is 32.9 Å². The van der Waals surface area contributed by atoms with Gasteiger partial charge in [-0.1, -0.05) is 43.1 Å². The van der Waals surface area contributed by atoms with Gasteiger partial charge in [0.2, 0.25) is 5.69 Å². The lowest BCUT2D eigenvalue weighted by molar-refractivity contribution is -0.619. The van der Waals surface area contributed by atoms with Crippen molar-refractivity contribution in [3.8, 4) is 0 Å². The summed E-state index contributed by atoms with van der Waals surface area (Å²) in [4.78, 5) is 13.0. The first-order valence-corrected chi connectivity index (χ1v) is 9.70. The summed E-state index contributed by atoms with van der Waals surface area (Å²) in [6, 6.07) is 3.89. The number of halogens is 4. The Morgan fingerprint density at radius 2 is 1.62 bits per heavy atom. The van der Waals surface area contributed by atoms with Gasteiger partial charge in [-0.2, -0.15) is 17.9 Å². The molecule has 0 spiro atoms. The number of rotatable bonds is 5. The Balaban J connectivity index is 2.60. The maximum Gasteiger partial charge on any atom is 0.393 e. The number of amides is 1. The molecule has 2 aromatic rings. The molecule has 1 heterocycles. The second-order valence-corrected chi connectivity index (χ2v) is 7.42. The van der Waals surface area contributed by atoms with Crippen LogP contribution in [0.25, 0.3) is 0 Å². The Morgan fingerprint density at radius 1 is 1.10 bits per heavy atom. The molecule has 0 unspecified atom stereocenters. The zero-order valence-electron chi connectivity index (χ0n) is 17.1. The van der Waals surface area contributed by atoms with Gasteiger partial charge in [0.1, 0.15) is 5.56 Å². The van der Waals surface area contributed by atoms with Crippen LogP contribution in [0.2, 0.25) is 5.02 Å². The molecular formula is C21H24ClF3N2O2. The van der Waals surface area contributed by atoms with E-state index in [1.165, 1.54) is 13.8 Å². The normalized spacial score (nSPS) is 11.6. The van der Waals surface area contributed by atoms with Crippen molar-refractivity contribution in [2.45, 2.75) is 60.1 Å². The monoisotopic (exact) mass is 428 g/mol. The van der Waals surface area contributed by atoms with Gasteiger partial charge in [0, 0.05) is 25.1 Å². The quantitative estimate of drug-likeness (QED) is 0.513. The molecule has 29 heavy (non-hydrogen) atoms. The molecule has 1 N–H and O–H groups in total. The highest BCUT2D eigenvalue weighted by Gasteiger charge is 2.35. The standard InChI is InChI=1S/C21H24ClF3N2O2/c1-6-14-8-11(3)9-15(7-2)19(14)26-20(28)17-13(5)27(29)12(4)16(18(17)22)10-21(23,24)25/h8-9H,6-7,10H2,1-5H3,(H,26,28). The summed E-state index contributed by atoms with van der Waals surface area (Å²) in [5.74, 6) is -0.700. The molecule has 1 aromatic heterocycles. The van der Waals surface area contributed by atoms with E-state index in [2.05, 4.69) is 5.32 Å². The lowest BCUT2D eigenvalue weighted by Crippen LogP contribution is -2.39. The third-order valence-electron chi connectivity index (χ3n) is 4.94. The third-order valence-corrected chi connectivity index (χ3v) is 5.36. The van der Waals surface area contributed by atoms with E-state index in [0.717, 1.165) is 16.7 Å². The Bertz CT molecular complexity index is 931. The largest absolute Gasteiger partial charge is 0.618 e. The molecule has 8 heteroatoms. The first kappa shape index (κ1) is 23.0. The summed E-state index contributed by atoms with van der Waals surface area (Å²) in [6.45, 7) is 8.48. The SMILES string of the molecule is CCc1cc(C)cc(CC)c1NC(=O)c1c(Cl)c(CC(F)(F)F)c(C)[n+]([O-])c1C. The molecule has 1 amide bonds. The van der Waals surface area contributed by atoms with Crippen molar-refractivity contribution < 1.29 is 22.7 Å². The molecule has 0 saturated carbocycles. The average molecular weight is 429 g/mol. The summed E-state index contributed by atoms with van der Waals surface area (Å²) in [5, 5.41) is 14.9. The number of benzene rings is 1. The zero-order chi connectivity index (χ0) is 22.1. The van der Waals surface area contributed by atoms with Gasteiger partial charge >= 0.3 is 6.18 Å². The van der Waals surface area contributed by atoms with Crippen LogP contribution in [0.3, 0.4) is 0 Å². The van der Waals surface area contributed by atoms with Crippen molar-refractivity contribution in [2.75, 3.05) is 5.32 Å². The Kier molecular flexibility index (Phi) is 6.83. The molecule has 1 aromatic carbocycles. The summed E-state index contributed by atoms with van der Waals surface area (Å²) >= 11 is 6.22. The Morgan fingerprint density at radius 3 is 2.07 bits per heavy atom. The van der Waals surface area contributed by atoms with Crippen molar-refractivity contribution >= 4 is 23.2 Å². The van der Waals surface area contributed by atoms with Crippen LogP contribution in [0.4, 0.5) is 18.9 Å². The number of aryl methyl sites for hydroxylation is 3. The van der Waals surface area contributed by atoms with Crippen LogP contribution in [0.1, 0.15) is 57.8 Å². The number of nitrogens with one attached hydrogen (secondary N) is 1. The number of hydrogen-bond acceptors (Lipinski definition) is 2. The molecule has 4 nitrogen and oxygen atoms in total. The number of aromatic nitrogens is 1. The molecule has 0 aliphatic rings. The van der Waals surface area contributed by atoms with Gasteiger partial charge in [-0.3, -0.25) is 4.79 Å². The molecule has 0 aliphatic carbocycles. The molecule has 0 atom stereocenters. The number of hydrogen-bond donors (Lipinski definition) is 1.